The molecule has 0 atom stereocenters. The standard InChI is InChI=1S/C23H19F4N5O3/c24-18-10-15(30-22(34)31-16-8-13(23(25,26)27)7-14(28)9-16)3-4-19(18)35-17-5-6-29-20(11-17)32-21(33)12-1-2-12/h3-12H,1-2,28H2,(H,29,32,33)(H2,30,31,34). The molecule has 3 aromatic rings. The summed E-state index contributed by atoms with van der Waals surface area (Å²) in [5.74, 6) is -0.626. The Labute approximate surface area is 196 Å². The lowest BCUT2D eigenvalue weighted by atomic mass is 10.1. The summed E-state index contributed by atoms with van der Waals surface area (Å²) in [5, 5.41) is 7.21. The van der Waals surface area contributed by atoms with E-state index in [0.717, 1.165) is 37.1 Å². The second-order valence-corrected chi connectivity index (χ2v) is 7.81. The van der Waals surface area contributed by atoms with Crippen LogP contribution in [-0.4, -0.2) is 16.9 Å². The molecule has 35 heavy (non-hydrogen) atoms. The number of halogens is 4. The topological polar surface area (TPSA) is 118 Å². The fourth-order valence-corrected chi connectivity index (χ4v) is 3.09. The number of alkyl halides is 3. The van der Waals surface area contributed by atoms with Gasteiger partial charge < -0.3 is 26.4 Å². The molecule has 1 aliphatic rings. The molecule has 12 heteroatoms. The first-order chi connectivity index (χ1) is 16.6. The van der Waals surface area contributed by atoms with Crippen molar-refractivity contribution in [2.24, 2.45) is 5.92 Å². The fraction of sp³-hybridized carbons (Fsp3) is 0.174. The van der Waals surface area contributed by atoms with E-state index in [9.17, 15) is 27.2 Å². The van der Waals surface area contributed by atoms with Crippen molar-refractivity contribution >= 4 is 34.8 Å². The Morgan fingerprint density at radius 2 is 1.71 bits per heavy atom. The average molecular weight is 489 g/mol. The Morgan fingerprint density at radius 3 is 2.40 bits per heavy atom. The highest BCUT2D eigenvalue weighted by molar-refractivity contribution is 6.00. The molecule has 8 nitrogen and oxygen atoms in total. The van der Waals surface area contributed by atoms with Crippen LogP contribution >= 0.6 is 0 Å². The molecule has 3 amide bonds. The molecule has 1 aliphatic carbocycles. The molecule has 0 spiro atoms. The number of benzene rings is 2. The van der Waals surface area contributed by atoms with Crippen LogP contribution < -0.4 is 26.4 Å². The van der Waals surface area contributed by atoms with Gasteiger partial charge in [0.25, 0.3) is 0 Å². The van der Waals surface area contributed by atoms with E-state index < -0.39 is 23.6 Å². The number of nitrogens with two attached hydrogens (primary N) is 1. The molecule has 4 rings (SSSR count). The number of pyridine rings is 1. The summed E-state index contributed by atoms with van der Waals surface area (Å²) in [6.07, 6.45) is -1.57. The van der Waals surface area contributed by atoms with Crippen LogP contribution in [0.1, 0.15) is 18.4 Å². The molecule has 1 heterocycles. The zero-order chi connectivity index (χ0) is 25.2. The maximum Gasteiger partial charge on any atom is 0.416 e. The van der Waals surface area contributed by atoms with Crippen LogP contribution in [0.4, 0.5) is 45.2 Å². The van der Waals surface area contributed by atoms with Gasteiger partial charge in [-0.2, -0.15) is 13.2 Å². The number of anilines is 4. The second kappa shape index (κ2) is 9.49. The zero-order valence-electron chi connectivity index (χ0n) is 17.9. The van der Waals surface area contributed by atoms with Gasteiger partial charge in [0, 0.05) is 41.3 Å². The minimum atomic E-state index is -4.64. The highest BCUT2D eigenvalue weighted by Gasteiger charge is 2.31. The smallest absolute Gasteiger partial charge is 0.416 e. The monoisotopic (exact) mass is 489 g/mol. The molecule has 0 radical (unpaired) electrons. The molecular formula is C23H19F4N5O3. The third-order valence-electron chi connectivity index (χ3n) is 4.89. The number of nitrogens with one attached hydrogen (secondary N) is 3. The number of ether oxygens (including phenoxy) is 1. The number of nitrogen functional groups attached to an aromatic ring is 1. The Bertz CT molecular complexity index is 1280. The van der Waals surface area contributed by atoms with Gasteiger partial charge in [0.1, 0.15) is 11.6 Å². The number of rotatable bonds is 6. The van der Waals surface area contributed by atoms with E-state index in [-0.39, 0.29) is 46.2 Å². The van der Waals surface area contributed by atoms with Crippen molar-refractivity contribution in [1.29, 1.82) is 0 Å². The largest absolute Gasteiger partial charge is 0.454 e. The molecule has 1 aromatic heterocycles. The van der Waals surface area contributed by atoms with Gasteiger partial charge in [-0.25, -0.2) is 14.2 Å². The molecule has 5 N–H and O–H groups in total. The van der Waals surface area contributed by atoms with Gasteiger partial charge in [-0.3, -0.25) is 4.79 Å². The van der Waals surface area contributed by atoms with Crippen LogP contribution in [0.2, 0.25) is 0 Å². The second-order valence-electron chi connectivity index (χ2n) is 7.81. The van der Waals surface area contributed by atoms with E-state index in [4.69, 9.17) is 10.5 Å². The molecule has 0 bridgehead atoms. The molecule has 0 saturated heterocycles. The predicted octanol–water partition coefficient (Wildman–Crippen LogP) is 5.61. The quantitative estimate of drug-likeness (QED) is 0.265. The van der Waals surface area contributed by atoms with E-state index >= 15 is 0 Å². The summed E-state index contributed by atoms with van der Waals surface area (Å²) >= 11 is 0. The van der Waals surface area contributed by atoms with Crippen molar-refractivity contribution in [1.82, 2.24) is 4.98 Å². The van der Waals surface area contributed by atoms with E-state index in [0.29, 0.717) is 0 Å². The summed E-state index contributed by atoms with van der Waals surface area (Å²) in [4.78, 5) is 28.1. The average Bonchev–Trinajstić information content (AvgIpc) is 3.60. The van der Waals surface area contributed by atoms with Crippen molar-refractivity contribution in [2.45, 2.75) is 19.0 Å². The summed E-state index contributed by atoms with van der Waals surface area (Å²) in [5.41, 5.74) is 4.11. The number of carbonyl (C=O) groups is 2. The van der Waals surface area contributed by atoms with Gasteiger partial charge in [0.15, 0.2) is 11.6 Å². The molecule has 0 aliphatic heterocycles. The number of hydrogen-bond acceptors (Lipinski definition) is 5. The first-order valence-electron chi connectivity index (χ1n) is 10.4. The van der Waals surface area contributed by atoms with Gasteiger partial charge in [0.05, 0.1) is 5.56 Å². The SMILES string of the molecule is Nc1cc(NC(=O)Nc2ccc(Oc3ccnc(NC(=O)C4CC4)c3)c(F)c2)cc(C(F)(F)F)c1. The Morgan fingerprint density at radius 1 is 0.971 bits per heavy atom. The lowest BCUT2D eigenvalue weighted by molar-refractivity contribution is -0.137. The van der Waals surface area contributed by atoms with Crippen molar-refractivity contribution in [2.75, 3.05) is 21.7 Å². The van der Waals surface area contributed by atoms with Crippen LogP contribution in [0.25, 0.3) is 0 Å². The molecule has 182 valence electrons. The normalized spacial score (nSPS) is 13.1. The minimum absolute atomic E-state index is 0.0120. The summed E-state index contributed by atoms with van der Waals surface area (Å²) < 4.78 is 58.8. The minimum Gasteiger partial charge on any atom is -0.454 e. The van der Waals surface area contributed by atoms with Crippen LogP contribution in [0.15, 0.2) is 54.7 Å². The van der Waals surface area contributed by atoms with Gasteiger partial charge in [0.2, 0.25) is 5.91 Å². The Balaban J connectivity index is 1.39. The van der Waals surface area contributed by atoms with Crippen molar-refractivity contribution in [3.05, 3.63) is 66.1 Å². The molecule has 0 unspecified atom stereocenters. The fourth-order valence-electron chi connectivity index (χ4n) is 3.09. The van der Waals surface area contributed by atoms with Gasteiger partial charge in [-0.05, 0) is 49.2 Å². The molecule has 2 aromatic carbocycles. The Kier molecular flexibility index (Phi) is 6.45. The van der Waals surface area contributed by atoms with Crippen LogP contribution in [0.3, 0.4) is 0 Å². The van der Waals surface area contributed by atoms with Gasteiger partial charge in [-0.15, -0.1) is 0 Å². The summed E-state index contributed by atoms with van der Waals surface area (Å²) in [6.45, 7) is 0. The number of urea groups is 1. The van der Waals surface area contributed by atoms with E-state index in [1.54, 1.807) is 0 Å². The molecular weight excluding hydrogens is 470 g/mol. The number of amides is 3. The maximum absolute atomic E-state index is 14.6. The highest BCUT2D eigenvalue weighted by Crippen LogP contribution is 2.33. The lowest BCUT2D eigenvalue weighted by Crippen LogP contribution is -2.20. The van der Waals surface area contributed by atoms with Crippen molar-refractivity contribution in [3.63, 3.8) is 0 Å². The number of aromatic nitrogens is 1. The maximum atomic E-state index is 14.6. The van der Waals surface area contributed by atoms with Gasteiger partial charge >= 0.3 is 12.2 Å². The summed E-state index contributed by atoms with van der Waals surface area (Å²) in [6, 6.07) is 8.22. The van der Waals surface area contributed by atoms with Crippen LogP contribution in [0, 0.1) is 11.7 Å². The van der Waals surface area contributed by atoms with Crippen LogP contribution in [0.5, 0.6) is 11.5 Å². The third-order valence-corrected chi connectivity index (χ3v) is 4.89. The number of carbonyl (C=O) groups excluding carboxylic acids is 2. The lowest BCUT2D eigenvalue weighted by Gasteiger charge is -2.13. The summed E-state index contributed by atoms with van der Waals surface area (Å²) in [7, 11) is 0. The zero-order valence-corrected chi connectivity index (χ0v) is 17.9. The van der Waals surface area contributed by atoms with E-state index in [1.807, 2.05) is 0 Å². The van der Waals surface area contributed by atoms with Crippen LogP contribution in [-0.2, 0) is 11.0 Å². The van der Waals surface area contributed by atoms with E-state index in [1.165, 1.54) is 30.5 Å². The van der Waals surface area contributed by atoms with E-state index in [2.05, 4.69) is 20.9 Å². The van der Waals surface area contributed by atoms with Gasteiger partial charge in [-0.1, -0.05) is 0 Å². The Hall–Kier alpha value is -4.35. The predicted molar refractivity (Wildman–Crippen MR) is 121 cm³/mol. The number of nitrogens with zero attached hydrogens (tertiary/aromatic N) is 1. The highest BCUT2D eigenvalue weighted by atomic mass is 19.4. The van der Waals surface area contributed by atoms with Crippen molar-refractivity contribution in [3.8, 4) is 11.5 Å². The molecule has 1 fully saturated rings. The molecule has 1 saturated carbocycles. The first-order valence-corrected chi connectivity index (χ1v) is 10.4. The first kappa shape index (κ1) is 23.8. The number of hydrogen-bond donors (Lipinski definition) is 4. The third kappa shape index (κ3) is 6.37. The van der Waals surface area contributed by atoms with Crippen molar-refractivity contribution < 1.29 is 31.9 Å².